The number of esters is 1. The fraction of sp³-hybridized carbons (Fsp3) is 0.895. The molecule has 0 radical (unpaired) electrons. The van der Waals surface area contributed by atoms with Gasteiger partial charge in [-0.25, -0.2) is 0 Å². The molecule has 1 rings (SSSR count). The summed E-state index contributed by atoms with van der Waals surface area (Å²) in [4.78, 5) is 18.5. The Kier molecular flexibility index (Phi) is 12.1. The largest absolute Gasteiger partial charge is 0.469 e. The van der Waals surface area contributed by atoms with Crippen LogP contribution in [0.3, 0.4) is 0 Å². The Morgan fingerprint density at radius 2 is 1.96 bits per heavy atom. The average molecular weight is 371 g/mol. The summed E-state index contributed by atoms with van der Waals surface area (Å²) in [5.74, 6) is 1.35. The molecule has 1 aliphatic heterocycles. The van der Waals surface area contributed by atoms with Crippen molar-refractivity contribution < 1.29 is 14.3 Å². The SMILES string of the molecule is CCNC(=NCC(CC(C)C)N1CCOCC1)NCCCCC(=O)OC. The van der Waals surface area contributed by atoms with E-state index in [2.05, 4.69) is 41.0 Å². The van der Waals surface area contributed by atoms with Gasteiger partial charge in [0, 0.05) is 38.6 Å². The van der Waals surface area contributed by atoms with Crippen molar-refractivity contribution in [3.05, 3.63) is 0 Å². The lowest BCUT2D eigenvalue weighted by atomic mass is 10.0. The Balaban J connectivity index is 2.47. The van der Waals surface area contributed by atoms with Crippen LogP contribution in [0.25, 0.3) is 0 Å². The molecule has 0 aliphatic carbocycles. The highest BCUT2D eigenvalue weighted by Gasteiger charge is 2.21. The van der Waals surface area contributed by atoms with Crippen LogP contribution in [0.2, 0.25) is 0 Å². The molecule has 2 N–H and O–H groups in total. The smallest absolute Gasteiger partial charge is 0.305 e. The van der Waals surface area contributed by atoms with Gasteiger partial charge in [0.2, 0.25) is 0 Å². The molecule has 0 saturated carbocycles. The van der Waals surface area contributed by atoms with E-state index in [0.717, 1.165) is 71.2 Å². The lowest BCUT2D eigenvalue weighted by molar-refractivity contribution is -0.140. The van der Waals surface area contributed by atoms with E-state index in [1.165, 1.54) is 7.11 Å². The van der Waals surface area contributed by atoms with E-state index in [-0.39, 0.29) is 5.97 Å². The van der Waals surface area contributed by atoms with Crippen LogP contribution in [0, 0.1) is 5.92 Å². The molecule has 0 aromatic carbocycles. The Morgan fingerprint density at radius 1 is 1.23 bits per heavy atom. The molecule has 0 bridgehead atoms. The van der Waals surface area contributed by atoms with E-state index in [9.17, 15) is 4.79 Å². The number of hydrogen-bond donors (Lipinski definition) is 2. The van der Waals surface area contributed by atoms with Crippen molar-refractivity contribution in [2.24, 2.45) is 10.9 Å². The van der Waals surface area contributed by atoms with Gasteiger partial charge in [-0.05, 0) is 32.1 Å². The summed E-state index contributed by atoms with van der Waals surface area (Å²) in [7, 11) is 1.43. The molecule has 7 nitrogen and oxygen atoms in total. The fourth-order valence-electron chi connectivity index (χ4n) is 3.07. The maximum Gasteiger partial charge on any atom is 0.305 e. The van der Waals surface area contributed by atoms with Crippen LogP contribution in [-0.2, 0) is 14.3 Å². The van der Waals surface area contributed by atoms with Crippen molar-refractivity contribution in [1.82, 2.24) is 15.5 Å². The topological polar surface area (TPSA) is 75.2 Å². The highest BCUT2D eigenvalue weighted by Crippen LogP contribution is 2.14. The van der Waals surface area contributed by atoms with Crippen molar-refractivity contribution in [1.29, 1.82) is 0 Å². The van der Waals surface area contributed by atoms with Crippen LogP contribution < -0.4 is 10.6 Å². The minimum Gasteiger partial charge on any atom is -0.469 e. The van der Waals surface area contributed by atoms with E-state index < -0.39 is 0 Å². The number of morpholine rings is 1. The van der Waals surface area contributed by atoms with Crippen LogP contribution in [0.4, 0.5) is 0 Å². The van der Waals surface area contributed by atoms with E-state index in [1.807, 2.05) is 0 Å². The van der Waals surface area contributed by atoms with Gasteiger partial charge >= 0.3 is 5.97 Å². The molecule has 0 spiro atoms. The summed E-state index contributed by atoms with van der Waals surface area (Å²) in [6, 6.07) is 0.452. The maximum atomic E-state index is 11.1. The molecule has 7 heteroatoms. The van der Waals surface area contributed by atoms with Crippen LogP contribution in [0.1, 0.15) is 46.5 Å². The normalized spacial score (nSPS) is 17.2. The van der Waals surface area contributed by atoms with Gasteiger partial charge < -0.3 is 20.1 Å². The number of guanidine groups is 1. The van der Waals surface area contributed by atoms with Gasteiger partial charge in [0.1, 0.15) is 0 Å². The van der Waals surface area contributed by atoms with Gasteiger partial charge in [-0.2, -0.15) is 0 Å². The summed E-state index contributed by atoms with van der Waals surface area (Å²) in [6.45, 7) is 12.6. The molecule has 1 saturated heterocycles. The molecular weight excluding hydrogens is 332 g/mol. The van der Waals surface area contributed by atoms with Gasteiger partial charge in [0.05, 0.1) is 26.9 Å². The first-order valence-corrected chi connectivity index (χ1v) is 9.97. The summed E-state index contributed by atoms with van der Waals surface area (Å²) in [5, 5.41) is 6.68. The number of methoxy groups -OCH3 is 1. The van der Waals surface area contributed by atoms with Crippen molar-refractivity contribution in [3.63, 3.8) is 0 Å². The van der Waals surface area contributed by atoms with Crippen LogP contribution in [0.15, 0.2) is 4.99 Å². The van der Waals surface area contributed by atoms with Gasteiger partial charge in [-0.3, -0.25) is 14.7 Å². The molecule has 1 heterocycles. The van der Waals surface area contributed by atoms with Gasteiger partial charge in [-0.1, -0.05) is 13.8 Å². The number of nitrogens with zero attached hydrogens (tertiary/aromatic N) is 2. The third-order valence-corrected chi connectivity index (χ3v) is 4.44. The molecular formula is C19H38N4O3. The molecule has 26 heavy (non-hydrogen) atoms. The minimum atomic E-state index is -0.146. The van der Waals surface area contributed by atoms with Crippen LogP contribution >= 0.6 is 0 Å². The standard InChI is InChI=1S/C19H38N4O3/c1-5-20-19(21-9-7-6-8-18(24)25-4)22-15-17(14-16(2)3)23-10-12-26-13-11-23/h16-17H,5-15H2,1-4H3,(H2,20,21,22). The molecule has 152 valence electrons. The zero-order valence-corrected chi connectivity index (χ0v) is 17.1. The molecule has 1 atom stereocenters. The van der Waals surface area contributed by atoms with Crippen molar-refractivity contribution in [2.45, 2.75) is 52.5 Å². The molecule has 0 aromatic heterocycles. The summed E-state index contributed by atoms with van der Waals surface area (Å²) in [5.41, 5.74) is 0. The number of hydrogen-bond acceptors (Lipinski definition) is 5. The average Bonchev–Trinajstić information content (AvgIpc) is 2.64. The molecule has 1 aliphatic rings. The monoisotopic (exact) mass is 370 g/mol. The third kappa shape index (κ3) is 9.97. The second-order valence-corrected chi connectivity index (χ2v) is 7.11. The second-order valence-electron chi connectivity index (χ2n) is 7.11. The molecule has 0 aromatic rings. The number of ether oxygens (including phenoxy) is 2. The Hall–Kier alpha value is -1.34. The summed E-state index contributed by atoms with van der Waals surface area (Å²) >= 11 is 0. The summed E-state index contributed by atoms with van der Waals surface area (Å²) < 4.78 is 10.1. The first-order valence-electron chi connectivity index (χ1n) is 9.97. The number of nitrogens with one attached hydrogen (secondary N) is 2. The zero-order chi connectivity index (χ0) is 19.2. The molecule has 1 unspecified atom stereocenters. The van der Waals surface area contributed by atoms with Crippen LogP contribution in [-0.4, -0.2) is 75.9 Å². The first-order chi connectivity index (χ1) is 12.6. The lowest BCUT2D eigenvalue weighted by Gasteiger charge is -2.34. The van der Waals surface area contributed by atoms with Gasteiger partial charge in [-0.15, -0.1) is 0 Å². The number of carbonyl (C=O) groups excluding carboxylic acids is 1. The highest BCUT2D eigenvalue weighted by atomic mass is 16.5. The van der Waals surface area contributed by atoms with Crippen LogP contribution in [0.5, 0.6) is 0 Å². The van der Waals surface area contributed by atoms with E-state index in [1.54, 1.807) is 0 Å². The van der Waals surface area contributed by atoms with E-state index in [4.69, 9.17) is 9.73 Å². The summed E-state index contributed by atoms with van der Waals surface area (Å²) in [6.07, 6.45) is 3.35. The maximum absolute atomic E-state index is 11.1. The predicted molar refractivity (Wildman–Crippen MR) is 105 cm³/mol. The fourth-order valence-corrected chi connectivity index (χ4v) is 3.07. The van der Waals surface area contributed by atoms with Crippen molar-refractivity contribution in [2.75, 3.05) is 53.0 Å². The molecule has 0 amide bonds. The minimum absolute atomic E-state index is 0.146. The van der Waals surface area contributed by atoms with Crippen molar-refractivity contribution in [3.8, 4) is 0 Å². The first kappa shape index (κ1) is 22.7. The van der Waals surface area contributed by atoms with Gasteiger partial charge in [0.25, 0.3) is 0 Å². The molecule has 1 fully saturated rings. The quantitative estimate of drug-likeness (QED) is 0.249. The Labute approximate surface area is 158 Å². The van der Waals surface area contributed by atoms with Gasteiger partial charge in [0.15, 0.2) is 5.96 Å². The zero-order valence-electron chi connectivity index (χ0n) is 17.1. The number of unbranched alkanes of at least 4 members (excludes halogenated alkanes) is 1. The highest BCUT2D eigenvalue weighted by molar-refractivity contribution is 5.79. The second kappa shape index (κ2) is 13.8. The number of rotatable bonds is 11. The van der Waals surface area contributed by atoms with Crippen molar-refractivity contribution >= 4 is 11.9 Å². The Bertz CT molecular complexity index is 410. The van der Waals surface area contributed by atoms with E-state index in [0.29, 0.717) is 18.4 Å². The Morgan fingerprint density at radius 3 is 2.58 bits per heavy atom. The number of carbonyl (C=O) groups is 1. The van der Waals surface area contributed by atoms with E-state index >= 15 is 0 Å². The predicted octanol–water partition coefficient (Wildman–Crippen LogP) is 1.63. The third-order valence-electron chi connectivity index (χ3n) is 4.44. The number of aliphatic imine (C=N–C) groups is 1. The lowest BCUT2D eigenvalue weighted by Crippen LogP contribution is -2.46.